The topological polar surface area (TPSA) is 62.6 Å². The number of carbonyl (C=O) groups excluding carboxylic acids is 1. The number of hydrogen-bond acceptors (Lipinski definition) is 5. The van der Waals surface area contributed by atoms with E-state index in [0.717, 1.165) is 11.0 Å². The van der Waals surface area contributed by atoms with Crippen LogP contribution in [0.2, 0.25) is 5.02 Å². The summed E-state index contributed by atoms with van der Waals surface area (Å²) in [5.41, 5.74) is 2.00. The molecule has 0 fully saturated rings. The van der Waals surface area contributed by atoms with Crippen molar-refractivity contribution in [3.8, 4) is 17.2 Å². The molecule has 0 amide bonds. The number of rotatable bonds is 6. The molecule has 9 heteroatoms. The summed E-state index contributed by atoms with van der Waals surface area (Å²) < 4.78 is 31.8. The van der Waals surface area contributed by atoms with Crippen molar-refractivity contribution in [1.29, 1.82) is 0 Å². The van der Waals surface area contributed by atoms with E-state index in [1.165, 1.54) is 19.2 Å². The molecule has 0 unspecified atom stereocenters. The molecule has 32 heavy (non-hydrogen) atoms. The molecular weight excluding hydrogens is 458 g/mol. The number of methoxy groups -OCH3 is 1. The summed E-state index contributed by atoms with van der Waals surface area (Å²) in [6.07, 6.45) is 0. The molecule has 0 N–H and O–H groups in total. The van der Waals surface area contributed by atoms with E-state index in [2.05, 4.69) is 4.98 Å². The first-order chi connectivity index (χ1) is 14.9. The van der Waals surface area contributed by atoms with Crippen LogP contribution in [0.1, 0.15) is 16.2 Å². The van der Waals surface area contributed by atoms with Gasteiger partial charge in [0.1, 0.15) is 35.5 Å². The zero-order valence-corrected chi connectivity index (χ0v) is 18.7. The fraction of sp³-hybridized carbons (Fsp3) is 0.130. The maximum atomic E-state index is 13.7. The lowest BCUT2D eigenvalue weighted by Crippen LogP contribution is -2.05. The Morgan fingerprint density at radius 2 is 1.81 bits per heavy atom. The molecule has 0 atom stereocenters. The van der Waals surface area contributed by atoms with Gasteiger partial charge in [-0.1, -0.05) is 17.7 Å². The molecule has 0 aliphatic carbocycles. The largest absolute Gasteiger partial charge is 0.486 e. The third kappa shape index (κ3) is 4.95. The second-order valence-electron chi connectivity index (χ2n) is 6.72. The Balaban J connectivity index is 0.00000289. The maximum Gasteiger partial charge on any atom is 0.337 e. The Morgan fingerprint density at radius 3 is 2.56 bits per heavy atom. The van der Waals surface area contributed by atoms with Crippen molar-refractivity contribution >= 4 is 41.0 Å². The van der Waals surface area contributed by atoms with E-state index in [4.69, 9.17) is 25.8 Å². The molecule has 0 aliphatic heterocycles. The van der Waals surface area contributed by atoms with Crippen molar-refractivity contribution in [2.45, 2.75) is 6.61 Å². The van der Waals surface area contributed by atoms with E-state index in [9.17, 15) is 9.18 Å². The van der Waals surface area contributed by atoms with Crippen LogP contribution in [-0.4, -0.2) is 22.6 Å². The smallest absolute Gasteiger partial charge is 0.337 e. The van der Waals surface area contributed by atoms with Crippen molar-refractivity contribution in [2.75, 3.05) is 7.11 Å². The third-order valence-corrected chi connectivity index (χ3v) is 5.00. The molecule has 4 aromatic rings. The number of ether oxygens (including phenoxy) is 3. The summed E-state index contributed by atoms with van der Waals surface area (Å²) in [6.45, 7) is 0.203. The summed E-state index contributed by atoms with van der Waals surface area (Å²) in [7, 11) is 3.20. The number of benzene rings is 3. The normalized spacial score (nSPS) is 10.5. The highest BCUT2D eigenvalue weighted by atomic mass is 35.5. The van der Waals surface area contributed by atoms with Crippen LogP contribution in [0.4, 0.5) is 4.39 Å². The Hall–Kier alpha value is -3.29. The van der Waals surface area contributed by atoms with Crippen LogP contribution in [0, 0.1) is 5.82 Å². The molecular formula is C23H19Cl2FN2O4. The van der Waals surface area contributed by atoms with Gasteiger partial charge in [0.25, 0.3) is 0 Å². The molecule has 1 heterocycles. The summed E-state index contributed by atoms with van der Waals surface area (Å²) in [6, 6.07) is 16.4. The lowest BCUT2D eigenvalue weighted by molar-refractivity contribution is 0.0600. The SMILES string of the molecule is COC(=O)c1cccc(OCc2nc3ccc(Oc4ccc(Cl)c(F)c4)cc3n2C)c1.Cl. The van der Waals surface area contributed by atoms with Crippen LogP contribution in [0.25, 0.3) is 11.0 Å². The van der Waals surface area contributed by atoms with Gasteiger partial charge in [-0.25, -0.2) is 14.2 Å². The average Bonchev–Trinajstić information content (AvgIpc) is 3.09. The van der Waals surface area contributed by atoms with Gasteiger partial charge in [0.2, 0.25) is 0 Å². The van der Waals surface area contributed by atoms with Crippen LogP contribution in [-0.2, 0) is 18.4 Å². The zero-order chi connectivity index (χ0) is 22.0. The number of esters is 1. The van der Waals surface area contributed by atoms with Gasteiger partial charge in [-0.05, 0) is 42.5 Å². The molecule has 0 spiro atoms. The number of aryl methyl sites for hydroxylation is 1. The Bertz CT molecular complexity index is 1280. The first-order valence-corrected chi connectivity index (χ1v) is 9.72. The van der Waals surface area contributed by atoms with E-state index in [0.29, 0.717) is 28.6 Å². The molecule has 166 valence electrons. The van der Waals surface area contributed by atoms with Crippen LogP contribution in [0.3, 0.4) is 0 Å². The van der Waals surface area contributed by atoms with E-state index in [1.807, 2.05) is 23.7 Å². The van der Waals surface area contributed by atoms with Crippen molar-refractivity contribution in [1.82, 2.24) is 9.55 Å². The molecule has 0 saturated heterocycles. The number of hydrogen-bond donors (Lipinski definition) is 0. The lowest BCUT2D eigenvalue weighted by atomic mass is 10.2. The maximum absolute atomic E-state index is 13.7. The van der Waals surface area contributed by atoms with E-state index >= 15 is 0 Å². The van der Waals surface area contributed by atoms with Gasteiger partial charge in [0.05, 0.1) is 28.7 Å². The summed E-state index contributed by atoms with van der Waals surface area (Å²) >= 11 is 5.71. The van der Waals surface area contributed by atoms with Gasteiger partial charge >= 0.3 is 5.97 Å². The van der Waals surface area contributed by atoms with Crippen molar-refractivity contribution in [3.63, 3.8) is 0 Å². The Morgan fingerprint density at radius 1 is 1.06 bits per heavy atom. The van der Waals surface area contributed by atoms with Crippen LogP contribution >= 0.6 is 24.0 Å². The molecule has 6 nitrogen and oxygen atoms in total. The van der Waals surface area contributed by atoms with Crippen LogP contribution in [0.15, 0.2) is 60.7 Å². The minimum atomic E-state index is -0.545. The van der Waals surface area contributed by atoms with Gasteiger partial charge in [0.15, 0.2) is 0 Å². The molecule has 0 aliphatic rings. The fourth-order valence-corrected chi connectivity index (χ4v) is 3.18. The second kappa shape index (κ2) is 9.89. The Labute approximate surface area is 194 Å². The van der Waals surface area contributed by atoms with E-state index in [1.54, 1.807) is 36.4 Å². The number of aromatic nitrogens is 2. The number of carbonyl (C=O) groups is 1. The monoisotopic (exact) mass is 476 g/mol. The zero-order valence-electron chi connectivity index (χ0n) is 17.2. The molecule has 0 bridgehead atoms. The predicted octanol–water partition coefficient (Wildman–Crippen LogP) is 5.95. The standard InChI is InChI=1S/C23H18ClFN2O4.ClH/c1-27-21-12-17(31-16-6-8-18(24)19(25)11-16)7-9-20(21)26-22(27)13-30-15-5-3-4-14(10-15)23(28)29-2;/h3-12H,13H2,1-2H3;1H. The highest BCUT2D eigenvalue weighted by Gasteiger charge is 2.12. The molecule has 3 aromatic carbocycles. The van der Waals surface area contributed by atoms with Gasteiger partial charge in [-0.2, -0.15) is 0 Å². The van der Waals surface area contributed by atoms with Gasteiger partial charge in [0, 0.05) is 19.2 Å². The minimum Gasteiger partial charge on any atom is -0.486 e. The fourth-order valence-electron chi connectivity index (χ4n) is 3.07. The highest BCUT2D eigenvalue weighted by Crippen LogP contribution is 2.28. The number of nitrogens with zero attached hydrogens (tertiary/aromatic N) is 2. The average molecular weight is 477 g/mol. The molecule has 4 rings (SSSR count). The van der Waals surface area contributed by atoms with Gasteiger partial charge < -0.3 is 18.8 Å². The molecule has 0 saturated carbocycles. The highest BCUT2D eigenvalue weighted by molar-refractivity contribution is 6.30. The molecule has 1 aromatic heterocycles. The van der Waals surface area contributed by atoms with Crippen molar-refractivity contribution < 1.29 is 23.4 Å². The van der Waals surface area contributed by atoms with Crippen LogP contribution < -0.4 is 9.47 Å². The number of fused-ring (bicyclic) bond motifs is 1. The minimum absolute atomic E-state index is 0. The molecule has 0 radical (unpaired) electrons. The summed E-state index contributed by atoms with van der Waals surface area (Å²) in [5.74, 6) is 1.13. The summed E-state index contributed by atoms with van der Waals surface area (Å²) in [4.78, 5) is 16.3. The number of imidazole rings is 1. The first kappa shape index (κ1) is 23.4. The third-order valence-electron chi connectivity index (χ3n) is 4.69. The van der Waals surface area contributed by atoms with Gasteiger partial charge in [-0.15, -0.1) is 12.4 Å². The van der Waals surface area contributed by atoms with E-state index in [-0.39, 0.29) is 24.0 Å². The van der Waals surface area contributed by atoms with Gasteiger partial charge in [-0.3, -0.25) is 0 Å². The predicted molar refractivity (Wildman–Crippen MR) is 122 cm³/mol. The second-order valence-corrected chi connectivity index (χ2v) is 7.13. The van der Waals surface area contributed by atoms with E-state index < -0.39 is 11.8 Å². The Kier molecular flexibility index (Phi) is 7.22. The van der Waals surface area contributed by atoms with Crippen molar-refractivity contribution in [3.05, 3.63) is 82.9 Å². The lowest BCUT2D eigenvalue weighted by Gasteiger charge is -2.08. The quantitative estimate of drug-likeness (QED) is 0.322. The van der Waals surface area contributed by atoms with Crippen LogP contribution in [0.5, 0.6) is 17.2 Å². The summed E-state index contributed by atoms with van der Waals surface area (Å²) in [5, 5.41) is 0.0381. The first-order valence-electron chi connectivity index (χ1n) is 9.34. The number of halogens is 3. The van der Waals surface area contributed by atoms with Crippen molar-refractivity contribution in [2.24, 2.45) is 7.05 Å².